The summed E-state index contributed by atoms with van der Waals surface area (Å²) in [4.78, 5) is 11.4. The summed E-state index contributed by atoms with van der Waals surface area (Å²) in [6.07, 6.45) is 0. The van der Waals surface area contributed by atoms with Crippen LogP contribution in [0.3, 0.4) is 0 Å². The Balaban J connectivity index is 1.95. The third kappa shape index (κ3) is 4.61. The van der Waals surface area contributed by atoms with Crippen LogP contribution in [0.2, 0.25) is 0 Å². The zero-order valence-corrected chi connectivity index (χ0v) is 15.5. The summed E-state index contributed by atoms with van der Waals surface area (Å²) < 4.78 is 27.9. The number of hydrogen-bond donors (Lipinski definition) is 1. The minimum absolute atomic E-state index is 0.124. The normalized spacial score (nSPS) is 11.4. The first kappa shape index (κ1) is 18.8. The lowest BCUT2D eigenvalue weighted by atomic mass is 10.2. The van der Waals surface area contributed by atoms with Gasteiger partial charge in [-0.05, 0) is 35.4 Å². The lowest BCUT2D eigenvalue weighted by Crippen LogP contribution is -2.30. The smallest absolute Gasteiger partial charge is 0.248 e. The molecule has 0 atom stereocenters. The summed E-state index contributed by atoms with van der Waals surface area (Å²) in [7, 11) is -3.76. The molecular weight excluding hydrogens is 360 g/mol. The molecule has 138 valence electrons. The Hall–Kier alpha value is -2.96. The zero-order valence-electron chi connectivity index (χ0n) is 14.7. The van der Waals surface area contributed by atoms with E-state index in [9.17, 15) is 13.2 Å². The molecule has 0 aliphatic carbocycles. The Morgan fingerprint density at radius 3 is 1.59 bits per heavy atom. The molecule has 0 fully saturated rings. The highest BCUT2D eigenvalue weighted by Gasteiger charge is 2.25. The molecule has 0 bridgehead atoms. The van der Waals surface area contributed by atoms with Crippen LogP contribution in [0.5, 0.6) is 0 Å². The number of hydrogen-bond acceptors (Lipinski definition) is 3. The molecule has 0 aromatic heterocycles. The SMILES string of the molecule is NC(=O)c1ccc(S(=O)(=O)N(Cc2ccccc2)Cc2ccccc2)cc1. The number of sulfonamides is 1. The second kappa shape index (κ2) is 8.16. The Labute approximate surface area is 159 Å². The first-order chi connectivity index (χ1) is 13.0. The number of carbonyl (C=O) groups is 1. The summed E-state index contributed by atoms with van der Waals surface area (Å²) in [5, 5.41) is 0. The van der Waals surface area contributed by atoms with Gasteiger partial charge >= 0.3 is 0 Å². The molecule has 0 saturated heterocycles. The van der Waals surface area contributed by atoms with Crippen molar-refractivity contribution < 1.29 is 13.2 Å². The predicted octanol–water partition coefficient (Wildman–Crippen LogP) is 3.18. The average molecular weight is 380 g/mol. The molecule has 2 N–H and O–H groups in total. The van der Waals surface area contributed by atoms with Gasteiger partial charge in [-0.2, -0.15) is 4.31 Å². The van der Waals surface area contributed by atoms with Crippen molar-refractivity contribution in [3.05, 3.63) is 102 Å². The Kier molecular flexibility index (Phi) is 5.69. The van der Waals surface area contributed by atoms with E-state index in [1.807, 2.05) is 60.7 Å². The minimum atomic E-state index is -3.76. The van der Waals surface area contributed by atoms with Crippen LogP contribution in [0, 0.1) is 0 Å². The Bertz CT molecular complexity index is 961. The van der Waals surface area contributed by atoms with Gasteiger partial charge in [-0.25, -0.2) is 8.42 Å². The Morgan fingerprint density at radius 1 is 0.741 bits per heavy atom. The molecule has 0 radical (unpaired) electrons. The number of nitrogens with zero attached hydrogens (tertiary/aromatic N) is 1. The maximum atomic E-state index is 13.2. The van der Waals surface area contributed by atoms with Gasteiger partial charge in [0.2, 0.25) is 15.9 Å². The molecule has 3 aromatic rings. The maximum absolute atomic E-state index is 13.2. The van der Waals surface area contributed by atoms with Gasteiger partial charge in [-0.3, -0.25) is 4.79 Å². The second-order valence-electron chi connectivity index (χ2n) is 6.13. The number of amides is 1. The summed E-state index contributed by atoms with van der Waals surface area (Å²) >= 11 is 0. The Morgan fingerprint density at radius 2 is 1.19 bits per heavy atom. The van der Waals surface area contributed by atoms with Crippen molar-refractivity contribution in [1.29, 1.82) is 0 Å². The molecule has 1 amide bonds. The molecule has 0 saturated carbocycles. The van der Waals surface area contributed by atoms with E-state index in [2.05, 4.69) is 0 Å². The van der Waals surface area contributed by atoms with Crippen molar-refractivity contribution in [3.8, 4) is 0 Å². The van der Waals surface area contributed by atoms with Crippen LogP contribution in [-0.2, 0) is 23.1 Å². The number of rotatable bonds is 7. The fourth-order valence-electron chi connectivity index (χ4n) is 2.74. The topological polar surface area (TPSA) is 80.5 Å². The van der Waals surface area contributed by atoms with Gasteiger partial charge in [0.1, 0.15) is 0 Å². The van der Waals surface area contributed by atoms with Crippen molar-refractivity contribution in [1.82, 2.24) is 4.31 Å². The predicted molar refractivity (Wildman–Crippen MR) is 104 cm³/mol. The van der Waals surface area contributed by atoms with Crippen molar-refractivity contribution in [2.75, 3.05) is 0 Å². The molecule has 5 nitrogen and oxygen atoms in total. The fourth-order valence-corrected chi connectivity index (χ4v) is 4.16. The molecule has 27 heavy (non-hydrogen) atoms. The number of nitrogens with two attached hydrogens (primary N) is 1. The highest BCUT2D eigenvalue weighted by molar-refractivity contribution is 7.89. The van der Waals surface area contributed by atoms with Crippen LogP contribution < -0.4 is 5.73 Å². The van der Waals surface area contributed by atoms with E-state index in [-0.39, 0.29) is 23.5 Å². The highest BCUT2D eigenvalue weighted by Crippen LogP contribution is 2.21. The summed E-state index contributed by atoms with van der Waals surface area (Å²) in [5.41, 5.74) is 7.30. The van der Waals surface area contributed by atoms with Crippen LogP contribution in [0.15, 0.2) is 89.8 Å². The van der Waals surface area contributed by atoms with Gasteiger partial charge < -0.3 is 5.73 Å². The summed E-state index contributed by atoms with van der Waals surface area (Å²) in [6, 6.07) is 24.6. The molecular formula is C21H20N2O3S. The third-order valence-corrected chi connectivity index (χ3v) is 5.99. The van der Waals surface area contributed by atoms with Gasteiger partial charge in [0.05, 0.1) is 4.90 Å². The summed E-state index contributed by atoms with van der Waals surface area (Å²) in [5.74, 6) is -0.593. The van der Waals surface area contributed by atoms with Gasteiger partial charge in [-0.15, -0.1) is 0 Å². The van der Waals surface area contributed by atoms with E-state index in [0.717, 1.165) is 11.1 Å². The van der Waals surface area contributed by atoms with E-state index in [0.29, 0.717) is 0 Å². The monoisotopic (exact) mass is 380 g/mol. The number of primary amides is 1. The van der Waals surface area contributed by atoms with Gasteiger partial charge in [0.25, 0.3) is 0 Å². The largest absolute Gasteiger partial charge is 0.366 e. The van der Waals surface area contributed by atoms with Gasteiger partial charge in [0.15, 0.2) is 0 Å². The van der Waals surface area contributed by atoms with Crippen molar-refractivity contribution in [2.24, 2.45) is 5.73 Å². The van der Waals surface area contributed by atoms with E-state index in [1.54, 1.807) is 0 Å². The lowest BCUT2D eigenvalue weighted by molar-refractivity contribution is 0.1000. The van der Waals surface area contributed by atoms with E-state index in [1.165, 1.54) is 28.6 Å². The summed E-state index contributed by atoms with van der Waals surface area (Å²) in [6.45, 7) is 0.491. The van der Waals surface area contributed by atoms with Crippen molar-refractivity contribution in [2.45, 2.75) is 18.0 Å². The van der Waals surface area contributed by atoms with E-state index < -0.39 is 15.9 Å². The average Bonchev–Trinajstić information content (AvgIpc) is 2.69. The lowest BCUT2D eigenvalue weighted by Gasteiger charge is -2.22. The van der Waals surface area contributed by atoms with Crippen LogP contribution in [-0.4, -0.2) is 18.6 Å². The number of carbonyl (C=O) groups excluding carboxylic acids is 1. The highest BCUT2D eigenvalue weighted by atomic mass is 32.2. The van der Waals surface area contributed by atoms with Crippen LogP contribution in [0.1, 0.15) is 21.5 Å². The second-order valence-corrected chi connectivity index (χ2v) is 8.07. The van der Waals surface area contributed by atoms with Crippen molar-refractivity contribution in [3.63, 3.8) is 0 Å². The molecule has 3 rings (SSSR count). The molecule has 0 aliphatic rings. The van der Waals surface area contributed by atoms with Crippen molar-refractivity contribution >= 4 is 15.9 Å². The molecule has 3 aromatic carbocycles. The zero-order chi connectivity index (χ0) is 19.3. The van der Waals surface area contributed by atoms with Crippen LogP contribution in [0.4, 0.5) is 0 Å². The minimum Gasteiger partial charge on any atom is -0.366 e. The molecule has 0 spiro atoms. The van der Waals surface area contributed by atoms with Gasteiger partial charge in [-0.1, -0.05) is 60.7 Å². The first-order valence-corrected chi connectivity index (χ1v) is 9.89. The molecule has 6 heteroatoms. The van der Waals surface area contributed by atoms with Crippen LogP contribution >= 0.6 is 0 Å². The fraction of sp³-hybridized carbons (Fsp3) is 0.0952. The molecule has 0 unspecified atom stereocenters. The van der Waals surface area contributed by atoms with Gasteiger partial charge in [0, 0.05) is 18.7 Å². The molecule has 0 aliphatic heterocycles. The first-order valence-electron chi connectivity index (χ1n) is 8.45. The number of benzene rings is 3. The molecule has 0 heterocycles. The van der Waals surface area contributed by atoms with Crippen LogP contribution in [0.25, 0.3) is 0 Å². The van der Waals surface area contributed by atoms with E-state index >= 15 is 0 Å². The standard InChI is InChI=1S/C21H20N2O3S/c22-21(24)19-11-13-20(14-12-19)27(25,26)23(15-17-7-3-1-4-8-17)16-18-9-5-2-6-10-18/h1-14H,15-16H2,(H2,22,24). The maximum Gasteiger partial charge on any atom is 0.248 e. The third-order valence-electron chi connectivity index (χ3n) is 4.18. The quantitative estimate of drug-likeness (QED) is 0.684. The van der Waals surface area contributed by atoms with E-state index in [4.69, 9.17) is 5.73 Å².